The van der Waals surface area contributed by atoms with Crippen molar-refractivity contribution in [2.75, 3.05) is 0 Å². The van der Waals surface area contributed by atoms with Crippen LogP contribution >= 0.6 is 0 Å². The van der Waals surface area contributed by atoms with Crippen LogP contribution in [-0.2, 0) is 14.3 Å². The molecule has 0 aliphatic carbocycles. The van der Waals surface area contributed by atoms with Crippen molar-refractivity contribution in [3.63, 3.8) is 0 Å². The largest absolute Gasteiger partial charge is 0.455 e. The zero-order valence-electron chi connectivity index (χ0n) is 27.7. The van der Waals surface area contributed by atoms with E-state index >= 15 is 0 Å². The smallest absolute Gasteiger partial charge is 0.334 e. The summed E-state index contributed by atoms with van der Waals surface area (Å²) < 4.78 is 11.2. The molecule has 0 unspecified atom stereocenters. The number of hydrogen-bond donors (Lipinski definition) is 2. The molecular formula is C37H68O5. The van der Waals surface area contributed by atoms with E-state index in [0.717, 1.165) is 56.9 Å². The molecule has 0 saturated carbocycles. The number of esters is 1. The SMILES string of the molecule is CCCCCCCCCC[C@@H](O)[C@H]1CC[C@H]([C@H](O)CCCCCCCCCCCCCCCCC2=C[C@H](C)OC2=O)O1. The number of carbonyl (C=O) groups excluding carboxylic acids is 1. The van der Waals surface area contributed by atoms with Gasteiger partial charge in [0.2, 0.25) is 0 Å². The van der Waals surface area contributed by atoms with Crippen molar-refractivity contribution in [2.24, 2.45) is 0 Å². The van der Waals surface area contributed by atoms with Gasteiger partial charge < -0.3 is 19.7 Å². The third-order valence-electron chi connectivity index (χ3n) is 9.48. The minimum Gasteiger partial charge on any atom is -0.455 e. The molecule has 5 nitrogen and oxygen atoms in total. The molecule has 0 bridgehead atoms. The highest BCUT2D eigenvalue weighted by atomic mass is 16.5. The Hall–Kier alpha value is -0.910. The summed E-state index contributed by atoms with van der Waals surface area (Å²) in [6.45, 7) is 4.18. The lowest BCUT2D eigenvalue weighted by Crippen LogP contribution is -2.31. The average Bonchev–Trinajstić information content (AvgIpc) is 3.60. The van der Waals surface area contributed by atoms with E-state index < -0.39 is 0 Å². The molecular weight excluding hydrogens is 524 g/mol. The van der Waals surface area contributed by atoms with Gasteiger partial charge >= 0.3 is 5.97 Å². The zero-order valence-corrected chi connectivity index (χ0v) is 27.7. The molecule has 1 fully saturated rings. The van der Waals surface area contributed by atoms with Crippen molar-refractivity contribution >= 4 is 5.97 Å². The average molecular weight is 593 g/mol. The predicted molar refractivity (Wildman–Crippen MR) is 175 cm³/mol. The highest BCUT2D eigenvalue weighted by molar-refractivity contribution is 5.90. The van der Waals surface area contributed by atoms with Crippen molar-refractivity contribution in [1.29, 1.82) is 0 Å². The Labute approximate surface area is 259 Å². The summed E-state index contributed by atoms with van der Waals surface area (Å²) in [5, 5.41) is 21.2. The molecule has 2 N–H and O–H groups in total. The third kappa shape index (κ3) is 17.4. The fourth-order valence-electron chi connectivity index (χ4n) is 6.72. The summed E-state index contributed by atoms with van der Waals surface area (Å²) >= 11 is 0. The molecule has 2 heterocycles. The summed E-state index contributed by atoms with van der Waals surface area (Å²) in [7, 11) is 0. The summed E-state index contributed by atoms with van der Waals surface area (Å²) in [6, 6.07) is 0. The number of aliphatic hydroxyl groups excluding tert-OH is 2. The predicted octanol–water partition coefficient (Wildman–Crippen LogP) is 9.90. The Morgan fingerprint density at radius 2 is 1.02 bits per heavy atom. The zero-order chi connectivity index (χ0) is 30.3. The van der Waals surface area contributed by atoms with Gasteiger partial charge in [0.1, 0.15) is 6.10 Å². The fraction of sp³-hybridized carbons (Fsp3) is 0.919. The molecule has 0 radical (unpaired) electrons. The first kappa shape index (κ1) is 37.3. The minimum absolute atomic E-state index is 0.0343. The molecule has 42 heavy (non-hydrogen) atoms. The van der Waals surface area contributed by atoms with E-state index in [-0.39, 0.29) is 36.5 Å². The molecule has 2 aliphatic heterocycles. The van der Waals surface area contributed by atoms with Crippen LogP contribution in [0.15, 0.2) is 11.6 Å². The molecule has 1 saturated heterocycles. The van der Waals surface area contributed by atoms with Crippen molar-refractivity contribution in [3.8, 4) is 0 Å². The van der Waals surface area contributed by atoms with Crippen LogP contribution in [0.25, 0.3) is 0 Å². The summed E-state index contributed by atoms with van der Waals surface area (Å²) in [5.74, 6) is -0.106. The van der Waals surface area contributed by atoms with Crippen molar-refractivity contribution < 1.29 is 24.5 Å². The lowest BCUT2D eigenvalue weighted by molar-refractivity contribution is -0.139. The van der Waals surface area contributed by atoms with Gasteiger partial charge in [-0.1, -0.05) is 142 Å². The summed E-state index contributed by atoms with van der Waals surface area (Å²) in [5.41, 5.74) is 0.882. The second-order valence-corrected chi connectivity index (χ2v) is 13.5. The first-order chi connectivity index (χ1) is 20.5. The van der Waals surface area contributed by atoms with E-state index in [2.05, 4.69) is 6.92 Å². The van der Waals surface area contributed by atoms with Gasteiger partial charge in [0, 0.05) is 5.57 Å². The van der Waals surface area contributed by atoms with Gasteiger partial charge in [-0.2, -0.15) is 0 Å². The Morgan fingerprint density at radius 1 is 0.643 bits per heavy atom. The minimum atomic E-state index is -0.377. The molecule has 5 atom stereocenters. The molecule has 2 aliphatic rings. The molecule has 246 valence electrons. The third-order valence-corrected chi connectivity index (χ3v) is 9.48. The molecule has 5 heteroatoms. The standard InChI is InChI=1S/C37H68O5/c1-3-4-5-6-7-17-20-23-26-33(38)35-28-29-36(42-35)34(39)27-24-21-18-15-13-11-9-8-10-12-14-16-19-22-25-32-30-31(2)41-37(32)40/h30-31,33-36,38-39H,3-29H2,1-2H3/t31-,33+,34+,35+,36+/m0/s1. The van der Waals surface area contributed by atoms with Crippen LogP contribution in [0.1, 0.15) is 187 Å². The number of hydrogen-bond acceptors (Lipinski definition) is 5. The van der Waals surface area contributed by atoms with Gasteiger partial charge in [-0.3, -0.25) is 0 Å². The van der Waals surface area contributed by atoms with Gasteiger partial charge in [0.15, 0.2) is 0 Å². The van der Waals surface area contributed by atoms with Crippen LogP contribution in [0.2, 0.25) is 0 Å². The Bertz CT molecular complexity index is 692. The van der Waals surface area contributed by atoms with Gasteiger partial charge in [0.05, 0.1) is 24.4 Å². The van der Waals surface area contributed by atoms with Gasteiger partial charge in [-0.25, -0.2) is 4.79 Å². The second-order valence-electron chi connectivity index (χ2n) is 13.5. The van der Waals surface area contributed by atoms with E-state index in [1.165, 1.54) is 122 Å². The summed E-state index contributed by atoms with van der Waals surface area (Å²) in [6.07, 6.45) is 33.5. The van der Waals surface area contributed by atoms with Gasteiger partial charge in [0.25, 0.3) is 0 Å². The maximum absolute atomic E-state index is 11.6. The van der Waals surface area contributed by atoms with Crippen LogP contribution in [-0.4, -0.2) is 46.7 Å². The van der Waals surface area contributed by atoms with Gasteiger partial charge in [-0.05, 0) is 51.5 Å². The van der Waals surface area contributed by atoms with Crippen LogP contribution in [0.5, 0.6) is 0 Å². The topological polar surface area (TPSA) is 76.0 Å². The first-order valence-electron chi connectivity index (χ1n) is 18.4. The monoisotopic (exact) mass is 593 g/mol. The quantitative estimate of drug-likeness (QED) is 0.0698. The fourth-order valence-corrected chi connectivity index (χ4v) is 6.72. The van der Waals surface area contributed by atoms with Crippen LogP contribution in [0, 0.1) is 0 Å². The maximum atomic E-state index is 11.6. The number of ether oxygens (including phenoxy) is 2. The second kappa shape index (κ2) is 24.4. The molecule has 2 rings (SSSR count). The Morgan fingerprint density at radius 3 is 1.40 bits per heavy atom. The molecule has 0 aromatic rings. The number of aliphatic hydroxyl groups is 2. The number of rotatable bonds is 28. The molecule has 0 aromatic carbocycles. The molecule has 0 aromatic heterocycles. The normalized spacial score (nSPS) is 22.0. The lowest BCUT2D eigenvalue weighted by atomic mass is 10.00. The number of cyclic esters (lactones) is 1. The van der Waals surface area contributed by atoms with E-state index in [0.29, 0.717) is 0 Å². The maximum Gasteiger partial charge on any atom is 0.334 e. The number of unbranched alkanes of at least 4 members (excludes halogenated alkanes) is 20. The lowest BCUT2D eigenvalue weighted by Gasteiger charge is -2.22. The van der Waals surface area contributed by atoms with E-state index in [9.17, 15) is 15.0 Å². The van der Waals surface area contributed by atoms with E-state index in [1.54, 1.807) is 0 Å². The molecule has 0 spiro atoms. The summed E-state index contributed by atoms with van der Waals surface area (Å²) in [4.78, 5) is 11.6. The molecule has 0 amide bonds. The van der Waals surface area contributed by atoms with Crippen LogP contribution < -0.4 is 0 Å². The van der Waals surface area contributed by atoms with Crippen LogP contribution in [0.3, 0.4) is 0 Å². The first-order valence-corrected chi connectivity index (χ1v) is 18.4. The van der Waals surface area contributed by atoms with E-state index in [1.807, 2.05) is 13.0 Å². The van der Waals surface area contributed by atoms with Gasteiger partial charge in [-0.15, -0.1) is 0 Å². The highest BCUT2D eigenvalue weighted by Gasteiger charge is 2.34. The highest BCUT2D eigenvalue weighted by Crippen LogP contribution is 2.28. The Kier molecular flexibility index (Phi) is 21.7. The van der Waals surface area contributed by atoms with E-state index in [4.69, 9.17) is 9.47 Å². The van der Waals surface area contributed by atoms with Crippen LogP contribution in [0.4, 0.5) is 0 Å². The Balaban J connectivity index is 1.30. The van der Waals surface area contributed by atoms with Crippen molar-refractivity contribution in [3.05, 3.63) is 11.6 Å². The number of carbonyl (C=O) groups is 1. The van der Waals surface area contributed by atoms with Crippen molar-refractivity contribution in [1.82, 2.24) is 0 Å². The van der Waals surface area contributed by atoms with Crippen molar-refractivity contribution in [2.45, 2.75) is 218 Å².